The van der Waals surface area contributed by atoms with E-state index in [9.17, 15) is 5.26 Å². The lowest BCUT2D eigenvalue weighted by Crippen LogP contribution is -2.37. The zero-order valence-corrected chi connectivity index (χ0v) is 13.8. The van der Waals surface area contributed by atoms with E-state index in [4.69, 9.17) is 0 Å². The molecule has 1 heteroatoms. The number of nitriles is 1. The summed E-state index contributed by atoms with van der Waals surface area (Å²) in [6.07, 6.45) is 13.5. The summed E-state index contributed by atoms with van der Waals surface area (Å²) < 4.78 is 0. The lowest BCUT2D eigenvalue weighted by molar-refractivity contribution is 0.0551. The van der Waals surface area contributed by atoms with Crippen molar-refractivity contribution < 1.29 is 0 Å². The van der Waals surface area contributed by atoms with E-state index in [1.807, 2.05) is 0 Å². The third kappa shape index (κ3) is 3.38. The second-order valence-electron chi connectivity index (χ2n) is 7.78. The molecule has 0 saturated heterocycles. The first-order valence-electron chi connectivity index (χ1n) is 9.04. The predicted molar refractivity (Wildman–Crippen MR) is 85.2 cm³/mol. The molecule has 0 N–H and O–H groups in total. The van der Waals surface area contributed by atoms with Crippen molar-refractivity contribution in [3.63, 3.8) is 0 Å². The molecule has 2 aliphatic rings. The van der Waals surface area contributed by atoms with Gasteiger partial charge in [0.05, 0.1) is 11.5 Å². The van der Waals surface area contributed by atoms with Crippen molar-refractivity contribution >= 4 is 0 Å². The zero-order valence-electron chi connectivity index (χ0n) is 13.8. The molecule has 20 heavy (non-hydrogen) atoms. The Labute approximate surface area is 126 Å². The van der Waals surface area contributed by atoms with Crippen molar-refractivity contribution in [2.75, 3.05) is 0 Å². The third-order valence-electron chi connectivity index (χ3n) is 6.34. The molecule has 1 nitrogen and oxygen atoms in total. The van der Waals surface area contributed by atoms with Crippen molar-refractivity contribution in [1.29, 1.82) is 5.26 Å². The molecule has 0 aromatic rings. The number of hydrogen-bond acceptors (Lipinski definition) is 1. The molecular weight excluding hydrogens is 242 g/mol. The lowest BCUT2D eigenvalue weighted by atomic mass is 9.59. The van der Waals surface area contributed by atoms with Crippen LogP contribution in [-0.2, 0) is 0 Å². The van der Waals surface area contributed by atoms with E-state index in [2.05, 4.69) is 26.8 Å². The molecule has 2 fully saturated rings. The number of hydrogen-bond donors (Lipinski definition) is 0. The van der Waals surface area contributed by atoms with Crippen LogP contribution in [0.25, 0.3) is 0 Å². The van der Waals surface area contributed by atoms with Crippen LogP contribution in [0.1, 0.15) is 85.0 Å². The van der Waals surface area contributed by atoms with Gasteiger partial charge in [0.15, 0.2) is 0 Å². The Hall–Kier alpha value is -0.510. The van der Waals surface area contributed by atoms with Gasteiger partial charge in [0.1, 0.15) is 0 Å². The summed E-state index contributed by atoms with van der Waals surface area (Å²) in [6, 6.07) is 2.67. The second kappa shape index (κ2) is 6.97. The van der Waals surface area contributed by atoms with Gasteiger partial charge in [-0.25, -0.2) is 0 Å². The van der Waals surface area contributed by atoms with Crippen molar-refractivity contribution in [2.45, 2.75) is 85.0 Å². The zero-order chi connectivity index (χ0) is 14.6. The maximum Gasteiger partial charge on any atom is 0.0689 e. The first-order valence-corrected chi connectivity index (χ1v) is 9.04. The molecule has 0 spiro atoms. The molecule has 2 aliphatic carbocycles. The average molecular weight is 275 g/mol. The van der Waals surface area contributed by atoms with Crippen LogP contribution in [0, 0.1) is 40.4 Å². The average Bonchev–Trinajstić information content (AvgIpc) is 2.47. The standard InChI is InChI=1S/C19H33N/c1-4-6-15-7-8-17-13-18(10-9-16(17)12-15)19(3,14-20)11-5-2/h15-18H,4-13H2,1-3H3/t15-,16-,17+,18+,19?/m0/s1. The second-order valence-corrected chi connectivity index (χ2v) is 7.78. The first kappa shape index (κ1) is 15.9. The molecule has 0 aromatic heterocycles. The maximum atomic E-state index is 9.63. The molecule has 1 unspecified atom stereocenters. The van der Waals surface area contributed by atoms with E-state index in [1.54, 1.807) is 0 Å². The number of fused-ring (bicyclic) bond motifs is 1. The molecule has 0 heterocycles. The predicted octanol–water partition coefficient (Wildman–Crippen LogP) is 5.95. The van der Waals surface area contributed by atoms with Crippen molar-refractivity contribution in [3.8, 4) is 6.07 Å². The van der Waals surface area contributed by atoms with Crippen LogP contribution in [0.15, 0.2) is 0 Å². The first-order chi connectivity index (χ1) is 9.62. The summed E-state index contributed by atoms with van der Waals surface area (Å²) in [5.41, 5.74) is -0.0556. The van der Waals surface area contributed by atoms with Crippen LogP contribution in [0.3, 0.4) is 0 Å². The molecule has 0 amide bonds. The monoisotopic (exact) mass is 275 g/mol. The van der Waals surface area contributed by atoms with Gasteiger partial charge in [-0.15, -0.1) is 0 Å². The van der Waals surface area contributed by atoms with E-state index in [-0.39, 0.29) is 5.41 Å². The molecule has 5 atom stereocenters. The maximum absolute atomic E-state index is 9.63. The summed E-state index contributed by atoms with van der Waals surface area (Å²) in [5, 5.41) is 9.63. The van der Waals surface area contributed by atoms with E-state index < -0.39 is 0 Å². The van der Waals surface area contributed by atoms with Gasteiger partial charge in [-0.05, 0) is 69.1 Å². The lowest BCUT2D eigenvalue weighted by Gasteiger charge is -2.45. The highest BCUT2D eigenvalue weighted by molar-refractivity contribution is 5.02. The van der Waals surface area contributed by atoms with E-state index in [1.165, 1.54) is 51.4 Å². The van der Waals surface area contributed by atoms with Crippen LogP contribution < -0.4 is 0 Å². The summed E-state index contributed by atoms with van der Waals surface area (Å²) in [5.74, 6) is 3.60. The summed E-state index contributed by atoms with van der Waals surface area (Å²) in [4.78, 5) is 0. The van der Waals surface area contributed by atoms with Gasteiger partial charge in [-0.1, -0.05) is 39.5 Å². The van der Waals surface area contributed by atoms with Gasteiger partial charge in [-0.2, -0.15) is 5.26 Å². The highest BCUT2D eigenvalue weighted by Gasteiger charge is 2.42. The normalized spacial score (nSPS) is 36.7. The highest BCUT2D eigenvalue weighted by Crippen LogP contribution is 2.50. The van der Waals surface area contributed by atoms with E-state index in [0.717, 1.165) is 30.6 Å². The van der Waals surface area contributed by atoms with Crippen LogP contribution in [0.4, 0.5) is 0 Å². The van der Waals surface area contributed by atoms with E-state index >= 15 is 0 Å². The van der Waals surface area contributed by atoms with E-state index in [0.29, 0.717) is 5.92 Å². The fourth-order valence-corrected chi connectivity index (χ4v) is 5.11. The molecule has 0 bridgehead atoms. The van der Waals surface area contributed by atoms with Crippen LogP contribution in [0.5, 0.6) is 0 Å². The molecule has 0 radical (unpaired) electrons. The summed E-state index contributed by atoms with van der Waals surface area (Å²) >= 11 is 0. The quantitative estimate of drug-likeness (QED) is 0.608. The SMILES string of the molecule is CCC[C@H]1CC[C@@H]2C[C@H](C(C)(C#N)CCC)CC[C@H]2C1. The van der Waals surface area contributed by atoms with Gasteiger partial charge < -0.3 is 0 Å². The number of rotatable bonds is 5. The van der Waals surface area contributed by atoms with Crippen LogP contribution in [-0.4, -0.2) is 0 Å². The number of nitrogens with zero attached hydrogens (tertiary/aromatic N) is 1. The van der Waals surface area contributed by atoms with Gasteiger partial charge in [0.2, 0.25) is 0 Å². The molecule has 114 valence electrons. The highest BCUT2D eigenvalue weighted by atomic mass is 14.5. The minimum atomic E-state index is -0.0556. The molecule has 2 rings (SSSR count). The Morgan fingerprint density at radius 1 is 1.00 bits per heavy atom. The Kier molecular flexibility index (Phi) is 5.53. The van der Waals surface area contributed by atoms with Crippen LogP contribution >= 0.6 is 0 Å². The summed E-state index contributed by atoms with van der Waals surface area (Å²) in [7, 11) is 0. The molecule has 0 aromatic carbocycles. The van der Waals surface area contributed by atoms with Crippen molar-refractivity contribution in [3.05, 3.63) is 0 Å². The van der Waals surface area contributed by atoms with Gasteiger partial charge in [-0.3, -0.25) is 0 Å². The minimum absolute atomic E-state index is 0.0556. The van der Waals surface area contributed by atoms with Gasteiger partial charge in [0.25, 0.3) is 0 Å². The summed E-state index contributed by atoms with van der Waals surface area (Å²) in [6.45, 7) is 6.77. The minimum Gasteiger partial charge on any atom is -0.198 e. The van der Waals surface area contributed by atoms with Crippen molar-refractivity contribution in [2.24, 2.45) is 29.1 Å². The topological polar surface area (TPSA) is 23.8 Å². The molecule has 0 aliphatic heterocycles. The largest absolute Gasteiger partial charge is 0.198 e. The Bertz CT molecular complexity index is 342. The molecule has 2 saturated carbocycles. The fourth-order valence-electron chi connectivity index (χ4n) is 5.11. The Morgan fingerprint density at radius 3 is 2.35 bits per heavy atom. The van der Waals surface area contributed by atoms with Crippen LogP contribution in [0.2, 0.25) is 0 Å². The third-order valence-corrected chi connectivity index (χ3v) is 6.34. The molecular formula is C19H33N. The smallest absolute Gasteiger partial charge is 0.0689 e. The van der Waals surface area contributed by atoms with Gasteiger partial charge >= 0.3 is 0 Å². The Morgan fingerprint density at radius 2 is 1.70 bits per heavy atom. The fraction of sp³-hybridized carbons (Fsp3) is 0.947. The van der Waals surface area contributed by atoms with Crippen molar-refractivity contribution in [1.82, 2.24) is 0 Å². The van der Waals surface area contributed by atoms with Gasteiger partial charge in [0, 0.05) is 0 Å². The Balaban J connectivity index is 1.94.